The average Bonchev–Trinajstić information content (AvgIpc) is 2.89. The van der Waals surface area contributed by atoms with Gasteiger partial charge >= 0.3 is 5.97 Å². The van der Waals surface area contributed by atoms with Crippen molar-refractivity contribution in [2.24, 2.45) is 0 Å². The average molecular weight is 323 g/mol. The fourth-order valence-electron chi connectivity index (χ4n) is 2.68. The van der Waals surface area contributed by atoms with Crippen LogP contribution in [-0.2, 0) is 16.1 Å². The summed E-state index contributed by atoms with van der Waals surface area (Å²) >= 11 is 0. The molecule has 0 saturated carbocycles. The molecule has 122 valence electrons. The first-order valence-corrected chi connectivity index (χ1v) is 7.55. The van der Waals surface area contributed by atoms with Gasteiger partial charge in [-0.2, -0.15) is 0 Å². The highest BCUT2D eigenvalue weighted by Crippen LogP contribution is 2.16. The van der Waals surface area contributed by atoms with Gasteiger partial charge in [0.05, 0.1) is 11.0 Å². The van der Waals surface area contributed by atoms with Crippen LogP contribution in [0.15, 0.2) is 54.6 Å². The Labute approximate surface area is 138 Å². The fraction of sp³-hybridized carbons (Fsp3) is 0.167. The Balaban J connectivity index is 1.81. The Morgan fingerprint density at radius 3 is 2.50 bits per heavy atom. The van der Waals surface area contributed by atoms with Gasteiger partial charge in [-0.3, -0.25) is 4.79 Å². The molecule has 0 spiro atoms. The maximum absolute atomic E-state index is 12.4. The number of carboxylic acids is 1. The summed E-state index contributed by atoms with van der Waals surface area (Å²) in [6.45, 7) is 1.84. The van der Waals surface area contributed by atoms with Crippen molar-refractivity contribution < 1.29 is 14.7 Å². The molecule has 0 bridgehead atoms. The monoisotopic (exact) mass is 323 g/mol. The Kier molecular flexibility index (Phi) is 4.29. The normalized spacial score (nSPS) is 12.0. The number of para-hydroxylation sites is 2. The van der Waals surface area contributed by atoms with E-state index in [0.29, 0.717) is 11.4 Å². The summed E-state index contributed by atoms with van der Waals surface area (Å²) in [6.07, 6.45) is 0. The topological polar surface area (TPSA) is 84.2 Å². The molecular formula is C18H17N3O3. The molecule has 1 atom stereocenters. The van der Waals surface area contributed by atoms with Crippen molar-refractivity contribution >= 4 is 22.9 Å². The van der Waals surface area contributed by atoms with Crippen LogP contribution < -0.4 is 5.32 Å². The Bertz CT molecular complexity index is 887. The molecule has 0 radical (unpaired) electrons. The van der Waals surface area contributed by atoms with Gasteiger partial charge in [-0.05, 0) is 24.6 Å². The SMILES string of the molecule is Cc1nc2ccccc2n1CC(=O)N[C@H](C(=O)O)c1ccccc1. The molecule has 0 fully saturated rings. The zero-order valence-electron chi connectivity index (χ0n) is 13.1. The number of benzene rings is 2. The second-order valence-electron chi connectivity index (χ2n) is 5.48. The van der Waals surface area contributed by atoms with Crippen molar-refractivity contribution in [3.05, 3.63) is 66.0 Å². The standard InChI is InChI=1S/C18H17N3O3/c1-12-19-14-9-5-6-10-15(14)21(12)11-16(22)20-17(18(23)24)13-7-3-2-4-8-13/h2-10,17H,11H2,1H3,(H,20,22)(H,23,24)/t17-/m0/s1. The third-order valence-electron chi connectivity index (χ3n) is 3.83. The molecule has 1 amide bonds. The zero-order valence-corrected chi connectivity index (χ0v) is 13.1. The van der Waals surface area contributed by atoms with E-state index < -0.39 is 12.0 Å². The summed E-state index contributed by atoms with van der Waals surface area (Å²) in [5, 5.41) is 12.0. The number of carbonyl (C=O) groups is 2. The number of nitrogens with one attached hydrogen (secondary N) is 1. The smallest absolute Gasteiger partial charge is 0.330 e. The van der Waals surface area contributed by atoms with E-state index in [1.54, 1.807) is 34.9 Å². The van der Waals surface area contributed by atoms with E-state index in [-0.39, 0.29) is 12.5 Å². The number of aliphatic carboxylic acids is 1. The second-order valence-corrected chi connectivity index (χ2v) is 5.48. The predicted molar refractivity (Wildman–Crippen MR) is 89.4 cm³/mol. The van der Waals surface area contributed by atoms with Gasteiger partial charge in [0.1, 0.15) is 12.4 Å². The van der Waals surface area contributed by atoms with Gasteiger partial charge in [0.2, 0.25) is 5.91 Å². The number of rotatable bonds is 5. The number of fused-ring (bicyclic) bond motifs is 1. The summed E-state index contributed by atoms with van der Waals surface area (Å²) in [5.74, 6) is -0.766. The molecule has 0 aliphatic heterocycles. The molecule has 3 rings (SSSR count). The Morgan fingerprint density at radius 1 is 1.12 bits per heavy atom. The summed E-state index contributed by atoms with van der Waals surface area (Å²) < 4.78 is 1.77. The molecule has 1 aromatic heterocycles. The first-order chi connectivity index (χ1) is 11.6. The summed E-state index contributed by atoms with van der Waals surface area (Å²) in [7, 11) is 0. The molecule has 2 N–H and O–H groups in total. The van der Waals surface area contributed by atoms with E-state index in [4.69, 9.17) is 0 Å². The molecule has 0 unspecified atom stereocenters. The minimum atomic E-state index is -1.10. The molecular weight excluding hydrogens is 306 g/mol. The van der Waals surface area contributed by atoms with E-state index in [1.807, 2.05) is 31.2 Å². The van der Waals surface area contributed by atoms with Crippen molar-refractivity contribution in [1.82, 2.24) is 14.9 Å². The number of nitrogens with zero attached hydrogens (tertiary/aromatic N) is 2. The number of carbonyl (C=O) groups excluding carboxylic acids is 1. The lowest BCUT2D eigenvalue weighted by Gasteiger charge is -2.15. The van der Waals surface area contributed by atoms with Gasteiger partial charge in [0.15, 0.2) is 6.04 Å². The molecule has 0 aliphatic carbocycles. The number of hydrogen-bond acceptors (Lipinski definition) is 3. The van der Waals surface area contributed by atoms with Crippen LogP contribution in [0.25, 0.3) is 11.0 Å². The lowest BCUT2D eigenvalue weighted by molar-refractivity contribution is -0.142. The number of amides is 1. The largest absolute Gasteiger partial charge is 0.479 e. The van der Waals surface area contributed by atoms with Crippen LogP contribution >= 0.6 is 0 Å². The Morgan fingerprint density at radius 2 is 1.79 bits per heavy atom. The number of hydrogen-bond donors (Lipinski definition) is 2. The minimum absolute atomic E-state index is 0.0168. The van der Waals surface area contributed by atoms with Crippen LogP contribution in [0.1, 0.15) is 17.4 Å². The molecule has 24 heavy (non-hydrogen) atoms. The fourth-order valence-corrected chi connectivity index (χ4v) is 2.68. The van der Waals surface area contributed by atoms with Gasteiger partial charge in [0.25, 0.3) is 0 Å². The van der Waals surface area contributed by atoms with Crippen LogP contribution in [0.5, 0.6) is 0 Å². The van der Waals surface area contributed by atoms with Crippen molar-refractivity contribution in [2.75, 3.05) is 0 Å². The number of aromatic nitrogens is 2. The van der Waals surface area contributed by atoms with Crippen LogP contribution in [-0.4, -0.2) is 26.5 Å². The van der Waals surface area contributed by atoms with Crippen LogP contribution in [0, 0.1) is 6.92 Å². The maximum Gasteiger partial charge on any atom is 0.330 e. The van der Waals surface area contributed by atoms with Crippen molar-refractivity contribution in [3.8, 4) is 0 Å². The molecule has 6 nitrogen and oxygen atoms in total. The number of aryl methyl sites for hydroxylation is 1. The van der Waals surface area contributed by atoms with Gasteiger partial charge in [0, 0.05) is 0 Å². The first-order valence-electron chi connectivity index (χ1n) is 7.55. The van der Waals surface area contributed by atoms with E-state index in [0.717, 1.165) is 11.0 Å². The van der Waals surface area contributed by atoms with E-state index in [2.05, 4.69) is 10.3 Å². The lowest BCUT2D eigenvalue weighted by Crippen LogP contribution is -2.36. The van der Waals surface area contributed by atoms with Crippen molar-refractivity contribution in [2.45, 2.75) is 19.5 Å². The van der Waals surface area contributed by atoms with Crippen LogP contribution in [0.3, 0.4) is 0 Å². The highest BCUT2D eigenvalue weighted by Gasteiger charge is 2.22. The zero-order chi connectivity index (χ0) is 17.1. The van der Waals surface area contributed by atoms with Crippen LogP contribution in [0.2, 0.25) is 0 Å². The summed E-state index contributed by atoms with van der Waals surface area (Å²) in [5.41, 5.74) is 2.18. The predicted octanol–water partition coefficient (Wildman–Crippen LogP) is 2.29. The van der Waals surface area contributed by atoms with Crippen molar-refractivity contribution in [1.29, 1.82) is 0 Å². The van der Waals surface area contributed by atoms with E-state index in [1.165, 1.54) is 0 Å². The van der Waals surface area contributed by atoms with Gasteiger partial charge < -0.3 is 15.0 Å². The molecule has 0 saturated heterocycles. The first kappa shape index (κ1) is 15.7. The molecule has 3 aromatic rings. The highest BCUT2D eigenvalue weighted by molar-refractivity contribution is 5.86. The van der Waals surface area contributed by atoms with Gasteiger partial charge in [-0.25, -0.2) is 9.78 Å². The molecule has 6 heteroatoms. The third kappa shape index (κ3) is 3.12. The minimum Gasteiger partial charge on any atom is -0.479 e. The van der Waals surface area contributed by atoms with Crippen LogP contribution in [0.4, 0.5) is 0 Å². The quantitative estimate of drug-likeness (QED) is 0.754. The molecule has 1 heterocycles. The third-order valence-corrected chi connectivity index (χ3v) is 3.83. The molecule has 2 aromatic carbocycles. The Hall–Kier alpha value is -3.15. The van der Waals surface area contributed by atoms with E-state index in [9.17, 15) is 14.7 Å². The van der Waals surface area contributed by atoms with Gasteiger partial charge in [-0.15, -0.1) is 0 Å². The summed E-state index contributed by atoms with van der Waals surface area (Å²) in [6, 6.07) is 15.1. The van der Waals surface area contributed by atoms with E-state index >= 15 is 0 Å². The summed E-state index contributed by atoms with van der Waals surface area (Å²) in [4.78, 5) is 28.3. The van der Waals surface area contributed by atoms with Crippen molar-refractivity contribution in [3.63, 3.8) is 0 Å². The number of carboxylic acid groups (broad SMARTS) is 1. The lowest BCUT2D eigenvalue weighted by atomic mass is 10.1. The second kappa shape index (κ2) is 6.54. The van der Waals surface area contributed by atoms with Gasteiger partial charge in [-0.1, -0.05) is 42.5 Å². The number of imidazole rings is 1. The molecule has 0 aliphatic rings. The highest BCUT2D eigenvalue weighted by atomic mass is 16.4. The maximum atomic E-state index is 12.4.